The lowest BCUT2D eigenvalue weighted by Crippen LogP contribution is -2.32. The van der Waals surface area contributed by atoms with Gasteiger partial charge in [-0.1, -0.05) is 25.5 Å². The molecule has 3 nitrogen and oxygen atoms in total. The molecule has 1 atom stereocenters. The van der Waals surface area contributed by atoms with Gasteiger partial charge in [0.05, 0.1) is 5.56 Å². The number of amides is 1. The van der Waals surface area contributed by atoms with Gasteiger partial charge in [-0.3, -0.25) is 4.79 Å². The maximum atomic E-state index is 12.6. The van der Waals surface area contributed by atoms with Crippen molar-refractivity contribution in [2.24, 2.45) is 11.8 Å². The molecule has 1 aromatic carbocycles. The lowest BCUT2D eigenvalue weighted by atomic mass is 9.89. The van der Waals surface area contributed by atoms with Gasteiger partial charge in [-0.05, 0) is 50.2 Å². The molecule has 0 aromatic heterocycles. The fraction of sp³-hybridized carbons (Fsp3) is 0.588. The summed E-state index contributed by atoms with van der Waals surface area (Å²) >= 11 is 0. The van der Waals surface area contributed by atoms with E-state index in [2.05, 4.69) is 13.8 Å². The largest absolute Gasteiger partial charge is 0.398 e. The van der Waals surface area contributed by atoms with Crippen LogP contribution in [0, 0.1) is 18.8 Å². The Bertz CT molecular complexity index is 482. The SMILES string of the molecule is Cc1ccc(N)c(C(=O)N2CCCC(C(C)C)CC2)c1. The molecule has 1 aliphatic rings. The summed E-state index contributed by atoms with van der Waals surface area (Å²) < 4.78 is 0. The first-order chi connectivity index (χ1) is 9.49. The third kappa shape index (κ3) is 3.33. The van der Waals surface area contributed by atoms with Gasteiger partial charge in [0.15, 0.2) is 0 Å². The highest BCUT2D eigenvalue weighted by molar-refractivity contribution is 5.99. The molecular formula is C17H26N2O. The number of nitrogens with zero attached hydrogens (tertiary/aromatic N) is 1. The maximum absolute atomic E-state index is 12.6. The van der Waals surface area contributed by atoms with Gasteiger partial charge in [0.1, 0.15) is 0 Å². The summed E-state index contributed by atoms with van der Waals surface area (Å²) in [5, 5.41) is 0. The van der Waals surface area contributed by atoms with Crippen LogP contribution in [0.25, 0.3) is 0 Å². The first-order valence-electron chi connectivity index (χ1n) is 7.64. The molecular weight excluding hydrogens is 248 g/mol. The minimum absolute atomic E-state index is 0.0932. The maximum Gasteiger partial charge on any atom is 0.255 e. The van der Waals surface area contributed by atoms with Crippen LogP contribution >= 0.6 is 0 Å². The highest BCUT2D eigenvalue weighted by Crippen LogP contribution is 2.26. The van der Waals surface area contributed by atoms with Crippen molar-refractivity contribution in [3.05, 3.63) is 29.3 Å². The number of carbonyl (C=O) groups is 1. The molecule has 110 valence electrons. The minimum Gasteiger partial charge on any atom is -0.398 e. The lowest BCUT2D eigenvalue weighted by Gasteiger charge is -2.22. The molecule has 20 heavy (non-hydrogen) atoms. The Morgan fingerprint density at radius 3 is 2.75 bits per heavy atom. The predicted molar refractivity (Wildman–Crippen MR) is 83.7 cm³/mol. The average Bonchev–Trinajstić information content (AvgIpc) is 2.66. The van der Waals surface area contributed by atoms with E-state index < -0.39 is 0 Å². The monoisotopic (exact) mass is 274 g/mol. The molecule has 0 aliphatic carbocycles. The molecule has 1 aliphatic heterocycles. The number of likely N-dealkylation sites (tertiary alicyclic amines) is 1. The molecule has 0 bridgehead atoms. The zero-order valence-electron chi connectivity index (χ0n) is 12.9. The number of anilines is 1. The van der Waals surface area contributed by atoms with Crippen molar-refractivity contribution in [3.8, 4) is 0 Å². The summed E-state index contributed by atoms with van der Waals surface area (Å²) in [5.74, 6) is 1.53. The topological polar surface area (TPSA) is 46.3 Å². The van der Waals surface area contributed by atoms with Gasteiger partial charge in [0.25, 0.3) is 5.91 Å². The molecule has 1 unspecified atom stereocenters. The third-order valence-corrected chi connectivity index (χ3v) is 4.44. The number of hydrogen-bond acceptors (Lipinski definition) is 2. The van der Waals surface area contributed by atoms with Crippen molar-refractivity contribution in [1.29, 1.82) is 0 Å². The van der Waals surface area contributed by atoms with Crippen LogP contribution in [-0.2, 0) is 0 Å². The number of rotatable bonds is 2. The first kappa shape index (κ1) is 14.9. The Kier molecular flexibility index (Phi) is 4.69. The molecule has 0 spiro atoms. The number of carbonyl (C=O) groups excluding carboxylic acids is 1. The molecule has 0 radical (unpaired) electrons. The molecule has 1 amide bonds. The number of aryl methyl sites for hydroxylation is 1. The van der Waals surface area contributed by atoms with Gasteiger partial charge in [-0.15, -0.1) is 0 Å². The van der Waals surface area contributed by atoms with Crippen molar-refractivity contribution in [3.63, 3.8) is 0 Å². The van der Waals surface area contributed by atoms with E-state index in [1.54, 1.807) is 0 Å². The van der Waals surface area contributed by atoms with Crippen LogP contribution < -0.4 is 5.73 Å². The number of nitrogen functional groups attached to an aromatic ring is 1. The van der Waals surface area contributed by atoms with Crippen molar-refractivity contribution >= 4 is 11.6 Å². The molecule has 1 aromatic rings. The Hall–Kier alpha value is -1.51. The van der Waals surface area contributed by atoms with Crippen LogP contribution in [0.4, 0.5) is 5.69 Å². The van der Waals surface area contributed by atoms with Crippen LogP contribution in [0.3, 0.4) is 0 Å². The van der Waals surface area contributed by atoms with Crippen molar-refractivity contribution in [1.82, 2.24) is 4.90 Å². The number of benzene rings is 1. The summed E-state index contributed by atoms with van der Waals surface area (Å²) in [6, 6.07) is 5.68. The second kappa shape index (κ2) is 6.29. The average molecular weight is 274 g/mol. The Balaban J connectivity index is 2.11. The Labute approximate surface area is 122 Å². The minimum atomic E-state index is 0.0932. The van der Waals surface area contributed by atoms with E-state index in [-0.39, 0.29) is 5.91 Å². The smallest absolute Gasteiger partial charge is 0.255 e. The van der Waals surface area contributed by atoms with E-state index in [4.69, 9.17) is 5.73 Å². The molecule has 2 rings (SSSR count). The lowest BCUT2D eigenvalue weighted by molar-refractivity contribution is 0.0760. The van der Waals surface area contributed by atoms with Gasteiger partial charge < -0.3 is 10.6 Å². The second-order valence-electron chi connectivity index (χ2n) is 6.32. The van der Waals surface area contributed by atoms with Crippen molar-refractivity contribution < 1.29 is 4.79 Å². The predicted octanol–water partition coefficient (Wildman–Crippen LogP) is 3.48. The summed E-state index contributed by atoms with van der Waals surface area (Å²) in [6.07, 6.45) is 3.43. The van der Waals surface area contributed by atoms with Gasteiger partial charge in [0.2, 0.25) is 0 Å². The summed E-state index contributed by atoms with van der Waals surface area (Å²) in [4.78, 5) is 14.6. The number of hydrogen-bond donors (Lipinski definition) is 1. The second-order valence-corrected chi connectivity index (χ2v) is 6.32. The molecule has 3 heteroatoms. The van der Waals surface area contributed by atoms with Crippen molar-refractivity contribution in [2.45, 2.75) is 40.0 Å². The van der Waals surface area contributed by atoms with Crippen LogP contribution in [0.2, 0.25) is 0 Å². The Morgan fingerprint density at radius 2 is 2.05 bits per heavy atom. The van der Waals surface area contributed by atoms with E-state index in [1.165, 1.54) is 6.42 Å². The summed E-state index contributed by atoms with van der Waals surface area (Å²) in [7, 11) is 0. The summed E-state index contributed by atoms with van der Waals surface area (Å²) in [6.45, 7) is 8.26. The zero-order valence-corrected chi connectivity index (χ0v) is 12.9. The fourth-order valence-corrected chi connectivity index (χ4v) is 3.02. The highest BCUT2D eigenvalue weighted by atomic mass is 16.2. The standard InChI is InChI=1S/C17H26N2O/c1-12(2)14-5-4-9-19(10-8-14)17(20)15-11-13(3)6-7-16(15)18/h6-7,11-12,14H,4-5,8-10,18H2,1-3H3. The van der Waals surface area contributed by atoms with Gasteiger partial charge in [-0.25, -0.2) is 0 Å². The molecule has 1 heterocycles. The van der Waals surface area contributed by atoms with Gasteiger partial charge in [0, 0.05) is 18.8 Å². The molecule has 2 N–H and O–H groups in total. The van der Waals surface area contributed by atoms with E-state index in [0.29, 0.717) is 17.2 Å². The van der Waals surface area contributed by atoms with E-state index in [0.717, 1.165) is 37.4 Å². The third-order valence-electron chi connectivity index (χ3n) is 4.44. The summed E-state index contributed by atoms with van der Waals surface area (Å²) in [5.41, 5.74) is 8.29. The quantitative estimate of drug-likeness (QED) is 0.839. The van der Waals surface area contributed by atoms with E-state index in [1.807, 2.05) is 30.0 Å². The molecule has 0 saturated carbocycles. The molecule has 1 fully saturated rings. The highest BCUT2D eigenvalue weighted by Gasteiger charge is 2.24. The molecule has 1 saturated heterocycles. The van der Waals surface area contributed by atoms with Gasteiger partial charge >= 0.3 is 0 Å². The van der Waals surface area contributed by atoms with E-state index in [9.17, 15) is 4.79 Å². The normalized spacial score (nSPS) is 20.0. The number of nitrogens with two attached hydrogens (primary N) is 1. The first-order valence-corrected chi connectivity index (χ1v) is 7.64. The van der Waals surface area contributed by atoms with Crippen LogP contribution in [0.5, 0.6) is 0 Å². The van der Waals surface area contributed by atoms with Crippen molar-refractivity contribution in [2.75, 3.05) is 18.8 Å². The van der Waals surface area contributed by atoms with Crippen LogP contribution in [-0.4, -0.2) is 23.9 Å². The Morgan fingerprint density at radius 1 is 1.30 bits per heavy atom. The van der Waals surface area contributed by atoms with Crippen LogP contribution in [0.15, 0.2) is 18.2 Å². The van der Waals surface area contributed by atoms with Gasteiger partial charge in [-0.2, -0.15) is 0 Å². The van der Waals surface area contributed by atoms with E-state index >= 15 is 0 Å². The fourth-order valence-electron chi connectivity index (χ4n) is 3.02. The zero-order chi connectivity index (χ0) is 14.7. The van der Waals surface area contributed by atoms with Crippen LogP contribution in [0.1, 0.15) is 49.0 Å².